The molecule has 2 fully saturated rings. The molecule has 0 radical (unpaired) electrons. The first-order valence-corrected chi connectivity index (χ1v) is 9.79. The van der Waals surface area contributed by atoms with Crippen LogP contribution in [0, 0.1) is 28.6 Å². The van der Waals surface area contributed by atoms with E-state index in [-0.39, 0.29) is 30.5 Å². The number of alkyl halides is 1. The van der Waals surface area contributed by atoms with Crippen LogP contribution in [-0.2, 0) is 9.59 Å². The Labute approximate surface area is 163 Å². The Morgan fingerprint density at radius 1 is 1.30 bits per heavy atom. The molecule has 0 aliphatic heterocycles. The normalized spacial score (nSPS) is 50.7. The SMILES string of the molecule is C[C@]12C=CC(=O)C=C1C=C[C@@H]1[C@@H]2C(O)(Cl)C[C@@]2(C)[C@H]1CC[C@]2(O)C(=O)CO. The Bertz CT molecular complexity index is 811. The second-order valence-corrected chi connectivity index (χ2v) is 9.69. The molecule has 3 N–H and O–H groups in total. The first-order valence-electron chi connectivity index (χ1n) is 9.41. The van der Waals surface area contributed by atoms with Crippen molar-refractivity contribution in [1.82, 2.24) is 0 Å². The van der Waals surface area contributed by atoms with Gasteiger partial charge >= 0.3 is 0 Å². The number of carbonyl (C=O) groups excluding carboxylic acids is 2. The highest BCUT2D eigenvalue weighted by Gasteiger charge is 2.70. The summed E-state index contributed by atoms with van der Waals surface area (Å²) in [5.74, 6) is -1.33. The number of carbonyl (C=O) groups is 2. The van der Waals surface area contributed by atoms with Gasteiger partial charge in [0.1, 0.15) is 17.3 Å². The van der Waals surface area contributed by atoms with Crippen LogP contribution in [0.4, 0.5) is 0 Å². The lowest BCUT2D eigenvalue weighted by molar-refractivity contribution is -0.179. The van der Waals surface area contributed by atoms with Gasteiger partial charge in [0.15, 0.2) is 11.6 Å². The molecule has 0 saturated heterocycles. The number of hydrogen-bond donors (Lipinski definition) is 3. The summed E-state index contributed by atoms with van der Waals surface area (Å²) in [5, 5.41) is 30.2. The molecule has 0 spiro atoms. The molecular formula is C21H25ClO5. The molecule has 1 unspecified atom stereocenters. The fourth-order valence-corrected chi connectivity index (χ4v) is 7.10. The number of Topliss-reactive ketones (excluding diaryl/α,β-unsaturated/α-hetero) is 1. The third-order valence-electron chi connectivity index (χ3n) is 7.78. The van der Waals surface area contributed by atoms with E-state index in [1.807, 2.05) is 25.2 Å². The van der Waals surface area contributed by atoms with Crippen molar-refractivity contribution in [2.75, 3.05) is 6.61 Å². The summed E-state index contributed by atoms with van der Waals surface area (Å²) in [4.78, 5) is 24.2. The zero-order valence-electron chi connectivity index (χ0n) is 15.5. The van der Waals surface area contributed by atoms with Crippen molar-refractivity contribution in [3.8, 4) is 0 Å². The molecule has 2 saturated carbocycles. The molecule has 0 aromatic carbocycles. The number of aliphatic hydroxyl groups is 3. The smallest absolute Gasteiger partial charge is 0.190 e. The maximum absolute atomic E-state index is 12.4. The first kappa shape index (κ1) is 19.1. The van der Waals surface area contributed by atoms with Crippen LogP contribution in [0.25, 0.3) is 0 Å². The topological polar surface area (TPSA) is 94.8 Å². The molecular weight excluding hydrogens is 368 g/mol. The highest BCUT2D eigenvalue weighted by atomic mass is 35.5. The van der Waals surface area contributed by atoms with Crippen LogP contribution >= 0.6 is 11.6 Å². The van der Waals surface area contributed by atoms with Gasteiger partial charge in [-0.05, 0) is 48.8 Å². The number of ketones is 2. The Balaban J connectivity index is 1.85. The summed E-state index contributed by atoms with van der Waals surface area (Å²) in [7, 11) is 0. The summed E-state index contributed by atoms with van der Waals surface area (Å²) in [6.45, 7) is 3.03. The molecule has 0 bridgehead atoms. The molecule has 0 aromatic heterocycles. The van der Waals surface area contributed by atoms with E-state index in [2.05, 4.69) is 0 Å². The molecule has 6 heteroatoms. The highest BCUT2D eigenvalue weighted by molar-refractivity contribution is 6.23. The molecule has 4 rings (SSSR count). The van der Waals surface area contributed by atoms with Gasteiger partial charge in [0.2, 0.25) is 0 Å². The molecule has 27 heavy (non-hydrogen) atoms. The summed E-state index contributed by atoms with van der Waals surface area (Å²) < 4.78 is 0. The van der Waals surface area contributed by atoms with E-state index in [1.165, 1.54) is 6.08 Å². The Morgan fingerprint density at radius 2 is 2.00 bits per heavy atom. The largest absolute Gasteiger partial charge is 0.388 e. The quantitative estimate of drug-likeness (QED) is 0.624. The Hall–Kier alpha value is -1.27. The molecule has 4 aliphatic carbocycles. The second-order valence-electron chi connectivity index (χ2n) is 9.03. The number of rotatable bonds is 2. The van der Waals surface area contributed by atoms with Crippen LogP contribution in [0.15, 0.2) is 36.0 Å². The van der Waals surface area contributed by atoms with E-state index in [4.69, 9.17) is 11.6 Å². The van der Waals surface area contributed by atoms with Crippen LogP contribution in [-0.4, -0.2) is 44.2 Å². The van der Waals surface area contributed by atoms with Crippen LogP contribution in [0.3, 0.4) is 0 Å². The molecule has 0 heterocycles. The minimum absolute atomic E-state index is 0.0358. The van der Waals surface area contributed by atoms with Gasteiger partial charge in [-0.25, -0.2) is 0 Å². The minimum atomic E-state index is -1.70. The van der Waals surface area contributed by atoms with E-state index in [0.29, 0.717) is 6.42 Å². The van der Waals surface area contributed by atoms with E-state index in [0.717, 1.165) is 5.57 Å². The Kier molecular flexibility index (Phi) is 3.98. The second kappa shape index (κ2) is 5.63. The summed E-state index contributed by atoms with van der Waals surface area (Å²) in [6, 6.07) is 0. The van der Waals surface area contributed by atoms with Crippen molar-refractivity contribution in [1.29, 1.82) is 0 Å². The molecule has 5 nitrogen and oxygen atoms in total. The molecule has 146 valence electrons. The summed E-state index contributed by atoms with van der Waals surface area (Å²) in [5.41, 5.74) is -2.43. The van der Waals surface area contributed by atoms with Crippen molar-refractivity contribution in [3.05, 3.63) is 36.0 Å². The summed E-state index contributed by atoms with van der Waals surface area (Å²) >= 11 is 6.71. The van der Waals surface area contributed by atoms with Crippen molar-refractivity contribution < 1.29 is 24.9 Å². The lowest BCUT2D eigenvalue weighted by Gasteiger charge is -2.60. The zero-order valence-corrected chi connectivity index (χ0v) is 16.2. The minimum Gasteiger partial charge on any atom is -0.388 e. The standard InChI is InChI=1S/C21H25ClO5/c1-18-7-5-13(24)9-12(18)3-4-14-15-6-8-20(26,16(25)10-23)19(15,2)11-21(22,27)17(14)18/h3-5,7,9,14-15,17,23,26-27H,6,8,10-11H2,1-2H3/t14-,15-,17-,18-,19-,20-,21?/m0/s1. The molecule has 4 aliphatic rings. The maximum Gasteiger partial charge on any atom is 0.190 e. The first-order chi connectivity index (χ1) is 12.5. The van der Waals surface area contributed by atoms with E-state index >= 15 is 0 Å². The van der Waals surface area contributed by atoms with Crippen LogP contribution in [0.2, 0.25) is 0 Å². The van der Waals surface area contributed by atoms with E-state index < -0.39 is 39.8 Å². The zero-order chi connectivity index (χ0) is 19.8. The van der Waals surface area contributed by atoms with Gasteiger partial charge in [-0.1, -0.05) is 43.7 Å². The van der Waals surface area contributed by atoms with Crippen LogP contribution in [0.5, 0.6) is 0 Å². The fourth-order valence-electron chi connectivity index (χ4n) is 6.45. The van der Waals surface area contributed by atoms with Crippen molar-refractivity contribution in [2.24, 2.45) is 28.6 Å². The molecule has 0 aromatic rings. The third kappa shape index (κ3) is 2.29. The van der Waals surface area contributed by atoms with Gasteiger partial charge in [0, 0.05) is 16.7 Å². The van der Waals surface area contributed by atoms with Crippen LogP contribution < -0.4 is 0 Å². The van der Waals surface area contributed by atoms with Crippen molar-refractivity contribution >= 4 is 23.2 Å². The van der Waals surface area contributed by atoms with Crippen molar-refractivity contribution in [2.45, 2.75) is 43.8 Å². The number of allylic oxidation sites excluding steroid dienone is 6. The lowest BCUT2D eigenvalue weighted by Crippen LogP contribution is -2.64. The number of halogens is 1. The van der Waals surface area contributed by atoms with Gasteiger partial charge in [-0.15, -0.1) is 0 Å². The average molecular weight is 393 g/mol. The predicted molar refractivity (Wildman–Crippen MR) is 99.8 cm³/mol. The third-order valence-corrected chi connectivity index (χ3v) is 8.15. The van der Waals surface area contributed by atoms with Gasteiger partial charge in [-0.2, -0.15) is 0 Å². The van der Waals surface area contributed by atoms with E-state index in [9.17, 15) is 24.9 Å². The average Bonchev–Trinajstić information content (AvgIpc) is 2.85. The van der Waals surface area contributed by atoms with E-state index in [1.54, 1.807) is 13.0 Å². The number of fused-ring (bicyclic) bond motifs is 5. The number of hydrogen-bond acceptors (Lipinski definition) is 5. The van der Waals surface area contributed by atoms with Gasteiger partial charge in [0.25, 0.3) is 0 Å². The molecule has 7 atom stereocenters. The van der Waals surface area contributed by atoms with Crippen LogP contribution in [0.1, 0.15) is 33.1 Å². The van der Waals surface area contributed by atoms with Crippen molar-refractivity contribution in [3.63, 3.8) is 0 Å². The van der Waals surface area contributed by atoms with Gasteiger partial charge in [-0.3, -0.25) is 9.59 Å². The van der Waals surface area contributed by atoms with Gasteiger partial charge in [0.05, 0.1) is 0 Å². The molecule has 0 amide bonds. The maximum atomic E-state index is 12.4. The Morgan fingerprint density at radius 3 is 2.67 bits per heavy atom. The monoisotopic (exact) mass is 392 g/mol. The fraction of sp³-hybridized carbons (Fsp3) is 0.619. The number of aliphatic hydroxyl groups excluding tert-OH is 1. The predicted octanol–water partition coefficient (Wildman–Crippen LogP) is 1.90. The lowest BCUT2D eigenvalue weighted by atomic mass is 9.47. The van der Waals surface area contributed by atoms with Gasteiger partial charge < -0.3 is 15.3 Å². The summed E-state index contributed by atoms with van der Waals surface area (Å²) in [6.07, 6.45) is 9.67. The highest BCUT2D eigenvalue weighted by Crippen LogP contribution is 2.69.